The van der Waals surface area contributed by atoms with Crippen LogP contribution in [-0.2, 0) is 0 Å². The van der Waals surface area contributed by atoms with Crippen LogP contribution < -0.4 is 5.56 Å². The van der Waals surface area contributed by atoms with Gasteiger partial charge in [-0.3, -0.25) is 9.36 Å². The molecule has 4 aromatic rings. The van der Waals surface area contributed by atoms with Gasteiger partial charge in [0.2, 0.25) is 0 Å². The van der Waals surface area contributed by atoms with Crippen LogP contribution in [0.5, 0.6) is 5.75 Å². The Kier molecular flexibility index (Phi) is 4.60. The number of rotatable bonds is 3. The first-order valence-electron chi connectivity index (χ1n) is 8.37. The lowest BCUT2D eigenvalue weighted by molar-refractivity contribution is 0.475. The van der Waals surface area contributed by atoms with Crippen LogP contribution in [0.2, 0.25) is 0 Å². The van der Waals surface area contributed by atoms with E-state index < -0.39 is 0 Å². The van der Waals surface area contributed by atoms with Crippen LogP contribution in [0.4, 0.5) is 0 Å². The summed E-state index contributed by atoms with van der Waals surface area (Å²) in [6, 6.07) is 21.7. The lowest BCUT2D eigenvalue weighted by Gasteiger charge is -2.11. The van der Waals surface area contributed by atoms with Crippen molar-refractivity contribution in [2.75, 3.05) is 0 Å². The fraction of sp³-hybridized carbons (Fsp3) is 0. The number of aromatic hydroxyl groups is 1. The second kappa shape index (κ2) is 7.21. The number of halogens is 1. The van der Waals surface area contributed by atoms with Crippen molar-refractivity contribution < 1.29 is 5.11 Å². The zero-order valence-corrected chi connectivity index (χ0v) is 15.8. The number of nitrogens with zero attached hydrogens (tertiary/aromatic N) is 2. The highest BCUT2D eigenvalue weighted by atomic mass is 79.9. The number of hydrogen-bond acceptors (Lipinski definition) is 3. The van der Waals surface area contributed by atoms with Crippen molar-refractivity contribution in [1.82, 2.24) is 9.55 Å². The molecule has 4 nitrogen and oxygen atoms in total. The van der Waals surface area contributed by atoms with E-state index in [-0.39, 0.29) is 11.3 Å². The highest BCUT2D eigenvalue weighted by Crippen LogP contribution is 2.18. The lowest BCUT2D eigenvalue weighted by atomic mass is 10.2. The van der Waals surface area contributed by atoms with Gasteiger partial charge in [-0.25, -0.2) is 4.98 Å². The van der Waals surface area contributed by atoms with Gasteiger partial charge in [0.15, 0.2) is 0 Å². The second-order valence-electron chi connectivity index (χ2n) is 6.03. The van der Waals surface area contributed by atoms with Gasteiger partial charge in [0, 0.05) is 4.47 Å². The number of hydrogen-bond donors (Lipinski definition) is 1. The van der Waals surface area contributed by atoms with Crippen molar-refractivity contribution in [3.05, 3.63) is 99.0 Å². The number of fused-ring (bicyclic) bond motifs is 1. The fourth-order valence-electron chi connectivity index (χ4n) is 2.89. The van der Waals surface area contributed by atoms with Crippen LogP contribution in [0.25, 0.3) is 28.7 Å². The summed E-state index contributed by atoms with van der Waals surface area (Å²) in [5.74, 6) is 0.663. The summed E-state index contributed by atoms with van der Waals surface area (Å²) in [4.78, 5) is 17.8. The van der Waals surface area contributed by atoms with Crippen LogP contribution >= 0.6 is 15.9 Å². The van der Waals surface area contributed by atoms with Crippen molar-refractivity contribution in [2.24, 2.45) is 0 Å². The van der Waals surface area contributed by atoms with Crippen molar-refractivity contribution >= 4 is 39.0 Å². The molecule has 0 spiro atoms. The Morgan fingerprint density at radius 3 is 2.48 bits per heavy atom. The van der Waals surface area contributed by atoms with Crippen molar-refractivity contribution in [3.8, 4) is 11.4 Å². The Hall–Kier alpha value is -3.18. The molecule has 1 aromatic heterocycles. The molecular weight excluding hydrogens is 404 g/mol. The van der Waals surface area contributed by atoms with Gasteiger partial charge in [0.25, 0.3) is 5.56 Å². The van der Waals surface area contributed by atoms with Crippen LogP contribution in [-0.4, -0.2) is 14.7 Å². The van der Waals surface area contributed by atoms with Gasteiger partial charge < -0.3 is 5.11 Å². The summed E-state index contributed by atoms with van der Waals surface area (Å²) < 4.78 is 2.53. The van der Waals surface area contributed by atoms with E-state index in [1.54, 1.807) is 34.9 Å². The maximum Gasteiger partial charge on any atom is 0.266 e. The largest absolute Gasteiger partial charge is 0.508 e. The molecule has 0 aliphatic carbocycles. The molecule has 0 aliphatic rings. The maximum atomic E-state index is 13.1. The fourth-order valence-corrected chi connectivity index (χ4v) is 3.31. The zero-order chi connectivity index (χ0) is 18.8. The molecule has 0 unspecified atom stereocenters. The first-order chi connectivity index (χ1) is 13.1. The standard InChI is InChI=1S/C22H15BrN2O2/c23-16-5-3-4-15(14-16)8-13-21-24-20-7-2-1-6-19(20)22(27)25(21)17-9-11-18(26)12-10-17/h1-14,26H/b13-8-. The highest BCUT2D eigenvalue weighted by molar-refractivity contribution is 9.10. The molecule has 0 atom stereocenters. The first kappa shape index (κ1) is 17.2. The van der Waals surface area contributed by atoms with E-state index in [4.69, 9.17) is 0 Å². The number of phenolic OH excluding ortho intramolecular Hbond substituents is 1. The minimum absolute atomic E-state index is 0.145. The smallest absolute Gasteiger partial charge is 0.266 e. The third-order valence-corrected chi connectivity index (χ3v) is 4.68. The van der Waals surface area contributed by atoms with E-state index in [1.807, 2.05) is 54.6 Å². The van der Waals surface area contributed by atoms with Crippen LogP contribution in [0.15, 0.2) is 82.1 Å². The summed E-state index contributed by atoms with van der Waals surface area (Å²) >= 11 is 3.46. The third-order valence-electron chi connectivity index (χ3n) is 4.18. The molecule has 4 rings (SSSR count). The lowest BCUT2D eigenvalue weighted by Crippen LogP contribution is -2.22. The molecule has 0 fully saturated rings. The Morgan fingerprint density at radius 2 is 1.70 bits per heavy atom. The van der Waals surface area contributed by atoms with E-state index in [1.165, 1.54) is 0 Å². The molecule has 0 radical (unpaired) electrons. The predicted molar refractivity (Wildman–Crippen MR) is 112 cm³/mol. The molecule has 0 saturated carbocycles. The number of benzene rings is 3. The topological polar surface area (TPSA) is 55.1 Å². The van der Waals surface area contributed by atoms with Crippen molar-refractivity contribution in [1.29, 1.82) is 0 Å². The number of phenols is 1. The molecule has 27 heavy (non-hydrogen) atoms. The van der Waals surface area contributed by atoms with Crippen LogP contribution in [0, 0.1) is 0 Å². The highest BCUT2D eigenvalue weighted by Gasteiger charge is 2.11. The van der Waals surface area contributed by atoms with Gasteiger partial charge in [-0.1, -0.05) is 46.3 Å². The maximum absolute atomic E-state index is 13.1. The molecule has 0 saturated heterocycles. The van der Waals surface area contributed by atoms with Crippen molar-refractivity contribution in [2.45, 2.75) is 0 Å². The average Bonchev–Trinajstić information content (AvgIpc) is 2.68. The van der Waals surface area contributed by atoms with Gasteiger partial charge in [0.05, 0.1) is 16.6 Å². The SMILES string of the molecule is O=c1c2ccccc2nc(/C=C\c2cccc(Br)c2)n1-c1ccc(O)cc1. The third kappa shape index (κ3) is 3.55. The molecule has 0 aliphatic heterocycles. The van der Waals surface area contributed by atoms with E-state index in [9.17, 15) is 9.90 Å². The predicted octanol–water partition coefficient (Wildman–Crippen LogP) is 5.02. The van der Waals surface area contributed by atoms with Gasteiger partial charge in [-0.2, -0.15) is 0 Å². The number of para-hydroxylation sites is 1. The van der Waals surface area contributed by atoms with E-state index >= 15 is 0 Å². The summed E-state index contributed by atoms with van der Waals surface area (Å²) in [6.45, 7) is 0. The minimum Gasteiger partial charge on any atom is -0.508 e. The molecule has 132 valence electrons. The van der Waals surface area contributed by atoms with Gasteiger partial charge in [0.1, 0.15) is 11.6 Å². The Bertz CT molecular complexity index is 1210. The summed E-state index contributed by atoms with van der Waals surface area (Å²) in [5.41, 5.74) is 2.13. The van der Waals surface area contributed by atoms with Crippen LogP contribution in [0.3, 0.4) is 0 Å². The van der Waals surface area contributed by atoms with Gasteiger partial charge >= 0.3 is 0 Å². The molecule has 0 bridgehead atoms. The molecular formula is C22H15BrN2O2. The molecule has 3 aromatic carbocycles. The monoisotopic (exact) mass is 418 g/mol. The van der Waals surface area contributed by atoms with E-state index in [0.29, 0.717) is 22.4 Å². The summed E-state index contributed by atoms with van der Waals surface area (Å²) in [6.07, 6.45) is 3.74. The minimum atomic E-state index is -0.153. The Morgan fingerprint density at radius 1 is 0.926 bits per heavy atom. The first-order valence-corrected chi connectivity index (χ1v) is 9.16. The summed E-state index contributed by atoms with van der Waals surface area (Å²) in [5, 5.41) is 10.1. The zero-order valence-electron chi connectivity index (χ0n) is 14.2. The van der Waals surface area contributed by atoms with E-state index in [0.717, 1.165) is 10.0 Å². The summed E-state index contributed by atoms with van der Waals surface area (Å²) in [7, 11) is 0. The normalized spacial score (nSPS) is 11.3. The molecule has 1 heterocycles. The van der Waals surface area contributed by atoms with Crippen molar-refractivity contribution in [3.63, 3.8) is 0 Å². The van der Waals surface area contributed by atoms with Gasteiger partial charge in [-0.15, -0.1) is 0 Å². The Labute approximate surface area is 164 Å². The number of aromatic nitrogens is 2. The quantitative estimate of drug-likeness (QED) is 0.507. The second-order valence-corrected chi connectivity index (χ2v) is 6.95. The molecule has 0 amide bonds. The van der Waals surface area contributed by atoms with Crippen LogP contribution in [0.1, 0.15) is 11.4 Å². The average molecular weight is 419 g/mol. The van der Waals surface area contributed by atoms with Gasteiger partial charge in [-0.05, 0) is 60.2 Å². The molecule has 5 heteroatoms. The van der Waals surface area contributed by atoms with E-state index in [2.05, 4.69) is 20.9 Å². The molecule has 1 N–H and O–H groups in total. The Balaban J connectivity index is 1.93.